The molecule has 1 aliphatic rings. The van der Waals surface area contributed by atoms with Crippen LogP contribution < -0.4 is 10.6 Å². The zero-order valence-corrected chi connectivity index (χ0v) is 10.5. The second-order valence-electron chi connectivity index (χ2n) is 4.22. The highest BCUT2D eigenvalue weighted by molar-refractivity contribution is 5.91. The van der Waals surface area contributed by atoms with Gasteiger partial charge in [0, 0.05) is 19.4 Å². The lowest BCUT2D eigenvalue weighted by Crippen LogP contribution is -2.44. The minimum atomic E-state index is -1.23. The molecule has 0 aliphatic carbocycles. The number of aliphatic carboxylic acids is 1. The summed E-state index contributed by atoms with van der Waals surface area (Å²) in [7, 11) is 1.20. The van der Waals surface area contributed by atoms with Crippen molar-refractivity contribution in [2.24, 2.45) is 5.92 Å². The van der Waals surface area contributed by atoms with Crippen LogP contribution in [0.3, 0.4) is 0 Å². The van der Waals surface area contributed by atoms with Gasteiger partial charge in [0.25, 0.3) is 0 Å². The lowest BCUT2D eigenvalue weighted by atomic mass is 10.1. The SMILES string of the molecule is COC(=O)CC[C@H](NC(=O)C1CNC(=O)C1)C(=O)O. The van der Waals surface area contributed by atoms with Gasteiger partial charge in [0.2, 0.25) is 11.8 Å². The molecule has 19 heavy (non-hydrogen) atoms. The van der Waals surface area contributed by atoms with Crippen molar-refractivity contribution >= 4 is 23.8 Å². The van der Waals surface area contributed by atoms with Crippen molar-refractivity contribution in [3.63, 3.8) is 0 Å². The van der Waals surface area contributed by atoms with Gasteiger partial charge in [-0.25, -0.2) is 4.79 Å². The van der Waals surface area contributed by atoms with Gasteiger partial charge in [-0.3, -0.25) is 14.4 Å². The quantitative estimate of drug-likeness (QED) is 0.514. The predicted octanol–water partition coefficient (Wildman–Crippen LogP) is -1.35. The van der Waals surface area contributed by atoms with E-state index in [0.717, 1.165) is 0 Å². The maximum Gasteiger partial charge on any atom is 0.326 e. The third kappa shape index (κ3) is 4.57. The van der Waals surface area contributed by atoms with Crippen LogP contribution in [0.5, 0.6) is 0 Å². The molecule has 3 N–H and O–H groups in total. The maximum atomic E-state index is 11.7. The van der Waals surface area contributed by atoms with Crippen molar-refractivity contribution in [3.05, 3.63) is 0 Å². The molecule has 8 heteroatoms. The molecule has 1 rings (SSSR count). The second-order valence-corrected chi connectivity index (χ2v) is 4.22. The Labute approximate surface area is 109 Å². The van der Waals surface area contributed by atoms with Crippen LogP contribution in [0.15, 0.2) is 0 Å². The molecule has 1 fully saturated rings. The Kier molecular flexibility index (Phi) is 5.28. The average Bonchev–Trinajstić information content (AvgIpc) is 2.80. The summed E-state index contributed by atoms with van der Waals surface area (Å²) in [5, 5.41) is 13.8. The number of nitrogens with one attached hydrogen (secondary N) is 2. The van der Waals surface area contributed by atoms with Crippen LogP contribution in [-0.2, 0) is 23.9 Å². The first-order valence-corrected chi connectivity index (χ1v) is 5.80. The first-order valence-electron chi connectivity index (χ1n) is 5.80. The molecule has 0 aromatic carbocycles. The Hall–Kier alpha value is -2.12. The summed E-state index contributed by atoms with van der Waals surface area (Å²) in [6.45, 7) is 0.202. The number of carboxylic acids is 1. The van der Waals surface area contributed by atoms with Gasteiger partial charge in [-0.1, -0.05) is 0 Å². The van der Waals surface area contributed by atoms with E-state index in [9.17, 15) is 19.2 Å². The molecule has 1 unspecified atom stereocenters. The molecule has 1 heterocycles. The van der Waals surface area contributed by atoms with Crippen molar-refractivity contribution in [2.45, 2.75) is 25.3 Å². The van der Waals surface area contributed by atoms with E-state index in [4.69, 9.17) is 5.11 Å². The minimum absolute atomic E-state index is 0.0508. The summed E-state index contributed by atoms with van der Waals surface area (Å²) in [5.74, 6) is -3.07. The van der Waals surface area contributed by atoms with Crippen LogP contribution in [0.4, 0.5) is 0 Å². The molecule has 8 nitrogen and oxygen atoms in total. The van der Waals surface area contributed by atoms with Crippen LogP contribution in [0.2, 0.25) is 0 Å². The van der Waals surface area contributed by atoms with Gasteiger partial charge in [-0.05, 0) is 6.42 Å². The highest BCUT2D eigenvalue weighted by Gasteiger charge is 2.31. The largest absolute Gasteiger partial charge is 0.480 e. The van der Waals surface area contributed by atoms with Crippen LogP contribution in [0.1, 0.15) is 19.3 Å². The normalized spacial score (nSPS) is 19.4. The Morgan fingerprint density at radius 3 is 2.68 bits per heavy atom. The molecule has 106 valence electrons. The van der Waals surface area contributed by atoms with Crippen molar-refractivity contribution in [1.29, 1.82) is 0 Å². The van der Waals surface area contributed by atoms with E-state index in [1.165, 1.54) is 7.11 Å². The van der Waals surface area contributed by atoms with Crippen molar-refractivity contribution in [1.82, 2.24) is 10.6 Å². The van der Waals surface area contributed by atoms with Crippen LogP contribution in [0.25, 0.3) is 0 Å². The summed E-state index contributed by atoms with van der Waals surface area (Å²) in [5.41, 5.74) is 0. The summed E-state index contributed by atoms with van der Waals surface area (Å²) in [4.78, 5) is 44.6. The number of carboxylic acid groups (broad SMARTS) is 1. The number of hydrogen-bond acceptors (Lipinski definition) is 5. The third-order valence-electron chi connectivity index (χ3n) is 2.83. The summed E-state index contributed by atoms with van der Waals surface area (Å²) in [6.07, 6.45) is -0.105. The van der Waals surface area contributed by atoms with Gasteiger partial charge in [0.1, 0.15) is 6.04 Å². The molecule has 1 saturated heterocycles. The molecule has 0 aromatic rings. The van der Waals surface area contributed by atoms with Gasteiger partial charge in [0.05, 0.1) is 13.0 Å². The van der Waals surface area contributed by atoms with Gasteiger partial charge >= 0.3 is 11.9 Å². The van der Waals surface area contributed by atoms with E-state index in [1.54, 1.807) is 0 Å². The molecule has 0 radical (unpaired) electrons. The molecule has 2 atom stereocenters. The van der Waals surface area contributed by atoms with E-state index in [1.807, 2.05) is 0 Å². The number of carbonyl (C=O) groups is 4. The van der Waals surface area contributed by atoms with E-state index in [-0.39, 0.29) is 31.7 Å². The number of esters is 1. The molecular formula is C11H16N2O6. The first-order chi connectivity index (χ1) is 8.93. The van der Waals surface area contributed by atoms with E-state index in [2.05, 4.69) is 15.4 Å². The van der Waals surface area contributed by atoms with Crippen LogP contribution in [0, 0.1) is 5.92 Å². The fraction of sp³-hybridized carbons (Fsp3) is 0.636. The number of rotatable bonds is 6. The molecule has 0 bridgehead atoms. The molecular weight excluding hydrogens is 256 g/mol. The topological polar surface area (TPSA) is 122 Å². The summed E-state index contributed by atoms with van der Waals surface area (Å²) >= 11 is 0. The van der Waals surface area contributed by atoms with Gasteiger partial charge in [0.15, 0.2) is 0 Å². The predicted molar refractivity (Wildman–Crippen MR) is 61.9 cm³/mol. The molecule has 1 aliphatic heterocycles. The Morgan fingerprint density at radius 2 is 2.21 bits per heavy atom. The molecule has 0 saturated carbocycles. The second kappa shape index (κ2) is 6.72. The van der Waals surface area contributed by atoms with Gasteiger partial charge in [-0.2, -0.15) is 0 Å². The monoisotopic (exact) mass is 272 g/mol. The Balaban J connectivity index is 2.48. The fourth-order valence-corrected chi connectivity index (χ4v) is 1.70. The van der Waals surface area contributed by atoms with Crippen molar-refractivity contribution in [2.75, 3.05) is 13.7 Å². The number of amides is 2. The van der Waals surface area contributed by atoms with Crippen molar-refractivity contribution < 1.29 is 29.0 Å². The van der Waals surface area contributed by atoms with E-state index < -0.39 is 29.8 Å². The standard InChI is InChI=1S/C11H16N2O6/c1-19-9(15)3-2-7(11(17)18)13-10(16)6-4-8(14)12-5-6/h6-7H,2-5H2,1H3,(H,12,14)(H,13,16)(H,17,18)/t6?,7-/m0/s1. The molecule has 0 spiro atoms. The van der Waals surface area contributed by atoms with Crippen LogP contribution >= 0.6 is 0 Å². The summed E-state index contributed by atoms with van der Waals surface area (Å²) in [6, 6.07) is -1.16. The first kappa shape index (κ1) is 14.9. The highest BCUT2D eigenvalue weighted by atomic mass is 16.5. The third-order valence-corrected chi connectivity index (χ3v) is 2.83. The number of carbonyl (C=O) groups excluding carboxylic acids is 3. The number of ether oxygens (including phenoxy) is 1. The molecule has 2 amide bonds. The van der Waals surface area contributed by atoms with E-state index >= 15 is 0 Å². The van der Waals surface area contributed by atoms with Gasteiger partial charge < -0.3 is 20.5 Å². The fourth-order valence-electron chi connectivity index (χ4n) is 1.70. The lowest BCUT2D eigenvalue weighted by Gasteiger charge is -2.16. The Bertz CT molecular complexity index is 395. The zero-order chi connectivity index (χ0) is 14.4. The zero-order valence-electron chi connectivity index (χ0n) is 10.5. The maximum absolute atomic E-state index is 11.7. The summed E-state index contributed by atoms with van der Waals surface area (Å²) < 4.78 is 4.40. The Morgan fingerprint density at radius 1 is 1.53 bits per heavy atom. The number of methoxy groups -OCH3 is 1. The van der Waals surface area contributed by atoms with E-state index in [0.29, 0.717) is 0 Å². The van der Waals surface area contributed by atoms with Crippen molar-refractivity contribution in [3.8, 4) is 0 Å². The van der Waals surface area contributed by atoms with Crippen LogP contribution in [-0.4, -0.2) is 48.6 Å². The smallest absolute Gasteiger partial charge is 0.326 e. The molecule has 0 aromatic heterocycles. The minimum Gasteiger partial charge on any atom is -0.480 e. The average molecular weight is 272 g/mol. The highest BCUT2D eigenvalue weighted by Crippen LogP contribution is 2.10. The number of hydrogen-bond donors (Lipinski definition) is 3. The lowest BCUT2D eigenvalue weighted by molar-refractivity contribution is -0.144. The van der Waals surface area contributed by atoms with Gasteiger partial charge in [-0.15, -0.1) is 0 Å².